The summed E-state index contributed by atoms with van der Waals surface area (Å²) < 4.78 is 5.42. The summed E-state index contributed by atoms with van der Waals surface area (Å²) in [4.78, 5) is 27.9. The van der Waals surface area contributed by atoms with Crippen molar-refractivity contribution in [2.45, 2.75) is 58.5 Å². The van der Waals surface area contributed by atoms with E-state index in [0.717, 1.165) is 44.1 Å². The number of ether oxygens (including phenoxy) is 1. The normalized spacial score (nSPS) is 16.9. The SMILES string of the molecule is CC(C)(C)OC(=O)N1CCCN(C(=O)CCCCBr)CCC1. The standard InChI is InChI=1S/C16H29BrN2O3/c1-16(2,3)22-15(21)19-12-6-10-18(11-7-13-19)14(20)8-4-5-9-17/h4-13H2,1-3H3. The van der Waals surface area contributed by atoms with Gasteiger partial charge in [0.25, 0.3) is 0 Å². The van der Waals surface area contributed by atoms with Crippen molar-refractivity contribution in [3.63, 3.8) is 0 Å². The van der Waals surface area contributed by atoms with Crippen molar-refractivity contribution in [3.05, 3.63) is 0 Å². The summed E-state index contributed by atoms with van der Waals surface area (Å²) in [6, 6.07) is 0. The molecule has 128 valence electrons. The van der Waals surface area contributed by atoms with Crippen LogP contribution in [0.15, 0.2) is 0 Å². The van der Waals surface area contributed by atoms with E-state index in [-0.39, 0.29) is 12.0 Å². The van der Waals surface area contributed by atoms with E-state index < -0.39 is 5.60 Å². The van der Waals surface area contributed by atoms with Gasteiger partial charge in [-0.25, -0.2) is 4.79 Å². The molecule has 1 aliphatic rings. The number of carbonyl (C=O) groups is 2. The van der Waals surface area contributed by atoms with Gasteiger partial charge in [0.05, 0.1) is 0 Å². The van der Waals surface area contributed by atoms with Crippen LogP contribution in [0, 0.1) is 0 Å². The average Bonchev–Trinajstić information content (AvgIpc) is 2.36. The molecule has 0 aliphatic carbocycles. The van der Waals surface area contributed by atoms with Crippen molar-refractivity contribution in [3.8, 4) is 0 Å². The van der Waals surface area contributed by atoms with Crippen LogP contribution >= 0.6 is 15.9 Å². The fourth-order valence-corrected chi connectivity index (χ4v) is 2.81. The topological polar surface area (TPSA) is 49.9 Å². The monoisotopic (exact) mass is 376 g/mol. The molecule has 0 unspecified atom stereocenters. The van der Waals surface area contributed by atoms with Gasteiger partial charge in [0.2, 0.25) is 5.91 Å². The van der Waals surface area contributed by atoms with Crippen molar-refractivity contribution in [1.29, 1.82) is 0 Å². The summed E-state index contributed by atoms with van der Waals surface area (Å²) in [6.07, 6.45) is 3.97. The molecule has 6 heteroatoms. The molecule has 0 saturated carbocycles. The molecule has 5 nitrogen and oxygen atoms in total. The molecule has 0 aromatic heterocycles. The quantitative estimate of drug-likeness (QED) is 0.557. The minimum Gasteiger partial charge on any atom is -0.444 e. The lowest BCUT2D eigenvalue weighted by Crippen LogP contribution is -2.43. The van der Waals surface area contributed by atoms with Crippen LogP contribution in [0.2, 0.25) is 0 Å². The van der Waals surface area contributed by atoms with Crippen LogP contribution in [0.3, 0.4) is 0 Å². The molecule has 0 atom stereocenters. The van der Waals surface area contributed by atoms with E-state index >= 15 is 0 Å². The van der Waals surface area contributed by atoms with Gasteiger partial charge in [-0.05, 0) is 46.5 Å². The Labute approximate surface area is 142 Å². The van der Waals surface area contributed by atoms with Crippen molar-refractivity contribution in [2.75, 3.05) is 31.5 Å². The number of unbranched alkanes of at least 4 members (excludes halogenated alkanes) is 1. The van der Waals surface area contributed by atoms with E-state index in [1.165, 1.54) is 0 Å². The molecule has 22 heavy (non-hydrogen) atoms. The van der Waals surface area contributed by atoms with Gasteiger partial charge in [-0.2, -0.15) is 0 Å². The van der Waals surface area contributed by atoms with Gasteiger partial charge >= 0.3 is 6.09 Å². The van der Waals surface area contributed by atoms with E-state index in [9.17, 15) is 9.59 Å². The van der Waals surface area contributed by atoms with Gasteiger partial charge in [0.1, 0.15) is 5.60 Å². The molecule has 0 bridgehead atoms. The fraction of sp³-hybridized carbons (Fsp3) is 0.875. The number of amides is 2. The highest BCUT2D eigenvalue weighted by Crippen LogP contribution is 2.13. The van der Waals surface area contributed by atoms with E-state index in [1.54, 1.807) is 4.90 Å². The Kier molecular flexibility index (Phi) is 8.21. The molecule has 1 rings (SSSR count). The molecule has 1 heterocycles. The first kappa shape index (κ1) is 19.3. The molecule has 1 saturated heterocycles. The predicted octanol–water partition coefficient (Wildman–Crippen LogP) is 3.41. The Morgan fingerprint density at radius 2 is 1.55 bits per heavy atom. The second kappa shape index (κ2) is 9.38. The van der Waals surface area contributed by atoms with Crippen LogP contribution in [0.4, 0.5) is 4.79 Å². The highest BCUT2D eigenvalue weighted by atomic mass is 79.9. The molecule has 0 aromatic rings. The highest BCUT2D eigenvalue weighted by molar-refractivity contribution is 9.09. The summed E-state index contributed by atoms with van der Waals surface area (Å²) in [5, 5.41) is 0.950. The van der Waals surface area contributed by atoms with Gasteiger partial charge in [0.15, 0.2) is 0 Å². The van der Waals surface area contributed by atoms with Gasteiger partial charge in [0, 0.05) is 37.9 Å². The van der Waals surface area contributed by atoms with E-state index in [0.29, 0.717) is 19.5 Å². The minimum absolute atomic E-state index is 0.242. The zero-order chi connectivity index (χ0) is 16.6. The van der Waals surface area contributed by atoms with Crippen LogP contribution in [-0.4, -0.2) is 58.9 Å². The summed E-state index contributed by atoms with van der Waals surface area (Å²) in [5.41, 5.74) is -0.461. The largest absolute Gasteiger partial charge is 0.444 e. The maximum atomic E-state index is 12.1. The van der Waals surface area contributed by atoms with E-state index in [4.69, 9.17) is 4.74 Å². The second-order valence-corrected chi connectivity index (χ2v) is 7.49. The van der Waals surface area contributed by atoms with Gasteiger partial charge < -0.3 is 14.5 Å². The van der Waals surface area contributed by atoms with Crippen LogP contribution in [0.25, 0.3) is 0 Å². The summed E-state index contributed by atoms with van der Waals surface area (Å²) >= 11 is 3.38. The van der Waals surface area contributed by atoms with E-state index in [2.05, 4.69) is 15.9 Å². The highest BCUT2D eigenvalue weighted by Gasteiger charge is 2.24. The second-order valence-electron chi connectivity index (χ2n) is 6.70. The zero-order valence-corrected chi connectivity index (χ0v) is 15.7. The number of alkyl halides is 1. The molecule has 0 spiro atoms. The smallest absolute Gasteiger partial charge is 0.410 e. The Hall–Kier alpha value is -0.780. The van der Waals surface area contributed by atoms with Crippen molar-refractivity contribution < 1.29 is 14.3 Å². The zero-order valence-electron chi connectivity index (χ0n) is 14.1. The third-order valence-corrected chi connectivity index (χ3v) is 4.05. The predicted molar refractivity (Wildman–Crippen MR) is 91.3 cm³/mol. The van der Waals surface area contributed by atoms with Crippen LogP contribution in [0.5, 0.6) is 0 Å². The third-order valence-electron chi connectivity index (χ3n) is 3.49. The number of rotatable bonds is 4. The molecule has 1 aliphatic heterocycles. The molecule has 2 amide bonds. The Morgan fingerprint density at radius 3 is 2.05 bits per heavy atom. The number of carbonyl (C=O) groups excluding carboxylic acids is 2. The van der Waals surface area contributed by atoms with E-state index in [1.807, 2.05) is 25.7 Å². The first-order chi connectivity index (χ1) is 10.3. The Morgan fingerprint density at radius 1 is 1.00 bits per heavy atom. The number of halogens is 1. The first-order valence-electron chi connectivity index (χ1n) is 8.15. The molecular weight excluding hydrogens is 348 g/mol. The third kappa shape index (κ3) is 7.47. The summed E-state index contributed by atoms with van der Waals surface area (Å²) in [5.74, 6) is 0.242. The first-order valence-corrected chi connectivity index (χ1v) is 9.27. The fourth-order valence-electron chi connectivity index (χ4n) is 2.42. The van der Waals surface area contributed by atoms with Gasteiger partial charge in [-0.1, -0.05) is 15.9 Å². The van der Waals surface area contributed by atoms with Crippen molar-refractivity contribution in [1.82, 2.24) is 9.80 Å². The van der Waals surface area contributed by atoms with Crippen LogP contribution < -0.4 is 0 Å². The summed E-state index contributed by atoms with van der Waals surface area (Å²) in [7, 11) is 0. The summed E-state index contributed by atoms with van der Waals surface area (Å²) in [6.45, 7) is 8.39. The Balaban J connectivity index is 2.39. The molecule has 0 radical (unpaired) electrons. The lowest BCUT2D eigenvalue weighted by Gasteiger charge is -2.32. The lowest BCUT2D eigenvalue weighted by molar-refractivity contribution is -0.131. The average molecular weight is 377 g/mol. The molecule has 0 aromatic carbocycles. The molecule has 0 N–H and O–H groups in total. The van der Waals surface area contributed by atoms with Crippen LogP contribution in [0.1, 0.15) is 52.9 Å². The number of nitrogens with zero attached hydrogens (tertiary/aromatic N) is 2. The van der Waals surface area contributed by atoms with Gasteiger partial charge in [-0.15, -0.1) is 0 Å². The maximum Gasteiger partial charge on any atom is 0.410 e. The maximum absolute atomic E-state index is 12.1. The van der Waals surface area contributed by atoms with Crippen LogP contribution in [-0.2, 0) is 9.53 Å². The van der Waals surface area contributed by atoms with Crippen molar-refractivity contribution in [2.24, 2.45) is 0 Å². The number of hydrogen-bond acceptors (Lipinski definition) is 3. The molecule has 1 fully saturated rings. The Bertz CT molecular complexity index is 359. The van der Waals surface area contributed by atoms with Crippen molar-refractivity contribution >= 4 is 27.9 Å². The minimum atomic E-state index is -0.461. The lowest BCUT2D eigenvalue weighted by atomic mass is 10.2. The molecular formula is C16H29BrN2O3. The van der Waals surface area contributed by atoms with Gasteiger partial charge in [-0.3, -0.25) is 4.79 Å². The number of hydrogen-bond donors (Lipinski definition) is 0.